The van der Waals surface area contributed by atoms with E-state index in [0.717, 1.165) is 24.5 Å². The molecule has 0 saturated heterocycles. The van der Waals surface area contributed by atoms with Crippen molar-refractivity contribution in [3.63, 3.8) is 0 Å². The Labute approximate surface area is 143 Å². The van der Waals surface area contributed by atoms with Crippen molar-refractivity contribution in [2.75, 3.05) is 20.1 Å². The third kappa shape index (κ3) is 17.0. The fourth-order valence-corrected chi connectivity index (χ4v) is 0.993. The van der Waals surface area contributed by atoms with Crippen LogP contribution in [0.3, 0.4) is 0 Å². The molecule has 8 heteroatoms. The predicted octanol–water partition coefficient (Wildman–Crippen LogP) is 2.42. The Hall–Kier alpha value is -0.997. The second kappa shape index (κ2) is 20.3. The fraction of sp³-hybridized carbons (Fsp3) is 0.333. The molecular weight excluding hydrogens is 344 g/mol. The van der Waals surface area contributed by atoms with E-state index < -0.39 is 0 Å². The van der Waals surface area contributed by atoms with Crippen LogP contribution in [0.25, 0.3) is 10.8 Å². The van der Waals surface area contributed by atoms with E-state index in [0.29, 0.717) is 0 Å². The first-order valence-electron chi connectivity index (χ1n) is 5.27. The van der Waals surface area contributed by atoms with Crippen LogP contribution >= 0.6 is 24.4 Å². The average molecular weight is 359 g/mol. The van der Waals surface area contributed by atoms with E-state index in [-0.39, 0.29) is 19.5 Å². The summed E-state index contributed by atoms with van der Waals surface area (Å²) in [6.07, 6.45) is 1.78. The maximum Gasteiger partial charge on any atom is 2.00 e. The van der Waals surface area contributed by atoms with Crippen LogP contribution in [0.2, 0.25) is 0 Å². The van der Waals surface area contributed by atoms with Crippen molar-refractivity contribution >= 4 is 40.5 Å². The van der Waals surface area contributed by atoms with Gasteiger partial charge in [-0.2, -0.15) is 10.3 Å². The van der Waals surface area contributed by atoms with Crippen LogP contribution < -0.4 is 5.32 Å². The zero-order valence-corrected chi connectivity index (χ0v) is 16.1. The number of aromatic nitrogens is 1. The summed E-state index contributed by atoms with van der Waals surface area (Å²) in [5.74, 6) is 0. The Morgan fingerprint density at radius 1 is 1.35 bits per heavy atom. The smallest absolute Gasteiger partial charge is 0.753 e. The molecule has 0 saturated carbocycles. The van der Waals surface area contributed by atoms with Gasteiger partial charge in [0.25, 0.3) is 0 Å². The summed E-state index contributed by atoms with van der Waals surface area (Å²) < 4.78 is 0. The van der Waals surface area contributed by atoms with Crippen LogP contribution in [0.4, 0.5) is 0 Å². The molecule has 0 spiro atoms. The summed E-state index contributed by atoms with van der Waals surface area (Å²) in [5.41, 5.74) is 1.95. The van der Waals surface area contributed by atoms with E-state index in [1.54, 1.807) is 6.20 Å². The van der Waals surface area contributed by atoms with Crippen LogP contribution in [-0.4, -0.2) is 41.2 Å². The Morgan fingerprint density at radius 3 is 2.30 bits per heavy atom. The Morgan fingerprint density at radius 2 is 1.90 bits per heavy atom. The molecule has 0 aliphatic rings. The van der Waals surface area contributed by atoms with E-state index in [1.165, 1.54) is 10.3 Å². The van der Waals surface area contributed by atoms with Crippen LogP contribution in [0.1, 0.15) is 12.6 Å². The third-order valence-corrected chi connectivity index (χ3v) is 1.75. The number of rotatable bonds is 4. The second-order valence-electron chi connectivity index (χ2n) is 2.97. The Bertz CT molecular complexity index is 413. The van der Waals surface area contributed by atoms with Gasteiger partial charge in [-0.05, 0) is 26.1 Å². The number of hydrogen-bond donors (Lipinski definition) is 1. The summed E-state index contributed by atoms with van der Waals surface area (Å²) in [5, 5.41) is 20.0. The van der Waals surface area contributed by atoms with Gasteiger partial charge in [-0.15, -0.1) is 0 Å². The molecule has 0 aromatic carbocycles. The van der Waals surface area contributed by atoms with Gasteiger partial charge in [-0.3, -0.25) is 9.98 Å². The molecule has 20 heavy (non-hydrogen) atoms. The number of likely N-dealkylation sites (N-methyl/N-ethyl adjacent to an activating group) is 1. The average Bonchev–Trinajstić information content (AvgIpc) is 2.42. The largest absolute Gasteiger partial charge is 2.00 e. The third-order valence-electron chi connectivity index (χ3n) is 1.75. The topological polar surface area (TPSA) is 81.9 Å². The van der Waals surface area contributed by atoms with Crippen LogP contribution in [0.15, 0.2) is 29.4 Å². The van der Waals surface area contributed by atoms with Crippen molar-refractivity contribution < 1.29 is 19.5 Å². The summed E-state index contributed by atoms with van der Waals surface area (Å²) in [7, 11) is 1.92. The van der Waals surface area contributed by atoms with Crippen molar-refractivity contribution in [2.45, 2.75) is 6.92 Å². The molecule has 1 aromatic rings. The molecule has 0 radical (unpaired) electrons. The maximum absolute atomic E-state index is 7.13. The first kappa shape index (κ1) is 24.1. The molecule has 1 heterocycles. The number of aliphatic imine (C=N–C) groups is 1. The van der Waals surface area contributed by atoms with Gasteiger partial charge in [-0.25, -0.2) is 0 Å². The Kier molecular flexibility index (Phi) is 24.4. The van der Waals surface area contributed by atoms with E-state index in [4.69, 9.17) is 10.8 Å². The number of isothiocyanates is 2. The summed E-state index contributed by atoms with van der Waals surface area (Å²) >= 11 is 7.40. The van der Waals surface area contributed by atoms with E-state index in [2.05, 4.69) is 39.7 Å². The molecule has 1 N–H and O–H groups in total. The van der Waals surface area contributed by atoms with Gasteiger partial charge in [0.05, 0.1) is 18.0 Å². The van der Waals surface area contributed by atoms with Gasteiger partial charge in [0.1, 0.15) is 0 Å². The van der Waals surface area contributed by atoms with Crippen LogP contribution in [0, 0.1) is 0 Å². The number of nitrogens with one attached hydrogen (secondary N) is 1. The molecule has 0 amide bonds. The second-order valence-corrected chi connectivity index (χ2v) is 3.33. The van der Waals surface area contributed by atoms with Gasteiger partial charge in [0, 0.05) is 12.7 Å². The number of hydrogen-bond acceptors (Lipinski definition) is 5. The molecule has 102 valence electrons. The van der Waals surface area contributed by atoms with Gasteiger partial charge >= 0.3 is 19.5 Å². The molecule has 0 fully saturated rings. The molecule has 1 rings (SSSR count). The summed E-state index contributed by atoms with van der Waals surface area (Å²) in [4.78, 5) is 8.58. The minimum Gasteiger partial charge on any atom is -0.753 e. The molecular formula is C12H15N5S2Zn. The van der Waals surface area contributed by atoms with Crippen molar-refractivity contribution in [1.29, 1.82) is 0 Å². The zero-order valence-electron chi connectivity index (χ0n) is 11.5. The molecule has 0 bridgehead atoms. The van der Waals surface area contributed by atoms with Crippen molar-refractivity contribution in [2.24, 2.45) is 4.99 Å². The predicted molar refractivity (Wildman–Crippen MR) is 87.2 cm³/mol. The minimum atomic E-state index is 0. The molecule has 0 atom stereocenters. The van der Waals surface area contributed by atoms with Gasteiger partial charge in [0.2, 0.25) is 0 Å². The SMILES string of the molecule is CNCCN=C(C)c1ccccn1.[N-]=C=S.[N-]=C=S.[Zn+2]. The monoisotopic (exact) mass is 357 g/mol. The van der Waals surface area contributed by atoms with Crippen molar-refractivity contribution in [1.82, 2.24) is 10.3 Å². The minimum absolute atomic E-state index is 0. The standard InChI is InChI=1S/C10H15N3.2CNS.Zn/c1-9(12-8-7-11-2)10-5-3-4-6-13-10;2*2-1-3;/h3-6,11H,7-8H2,1-2H3;;;/q;2*-1;+2. The van der Waals surface area contributed by atoms with Crippen molar-refractivity contribution in [3.05, 3.63) is 40.9 Å². The maximum atomic E-state index is 7.13. The van der Waals surface area contributed by atoms with Crippen LogP contribution in [0.5, 0.6) is 0 Å². The number of nitrogens with zero attached hydrogens (tertiary/aromatic N) is 4. The quantitative estimate of drug-likeness (QED) is 0.388. The first-order valence-corrected chi connectivity index (χ1v) is 6.09. The van der Waals surface area contributed by atoms with E-state index in [1.807, 2.05) is 32.2 Å². The normalized spacial score (nSPS) is 8.40. The summed E-state index contributed by atoms with van der Waals surface area (Å²) in [6, 6.07) is 5.85. The van der Waals surface area contributed by atoms with E-state index >= 15 is 0 Å². The molecule has 0 unspecified atom stereocenters. The fourth-order valence-electron chi connectivity index (χ4n) is 0.993. The summed E-state index contributed by atoms with van der Waals surface area (Å²) in [6.45, 7) is 3.70. The zero-order chi connectivity index (χ0) is 14.9. The molecule has 0 aliphatic carbocycles. The van der Waals surface area contributed by atoms with Gasteiger partial charge < -0.3 is 16.1 Å². The van der Waals surface area contributed by atoms with Crippen molar-refractivity contribution in [3.8, 4) is 0 Å². The molecule has 0 aliphatic heterocycles. The number of thiocarbonyl (C=S) groups is 2. The van der Waals surface area contributed by atoms with E-state index in [9.17, 15) is 0 Å². The molecule has 1 aromatic heterocycles. The Balaban J connectivity index is -0.000000356. The van der Waals surface area contributed by atoms with Gasteiger partial charge in [-0.1, -0.05) is 30.5 Å². The van der Waals surface area contributed by atoms with Gasteiger partial charge in [0.15, 0.2) is 0 Å². The first-order chi connectivity index (χ1) is 9.17. The molecule has 5 nitrogen and oxygen atoms in total. The van der Waals surface area contributed by atoms with Crippen LogP contribution in [-0.2, 0) is 19.5 Å². The number of pyridine rings is 1.